The van der Waals surface area contributed by atoms with Crippen LogP contribution >= 0.6 is 0 Å². The number of carboxylic acids is 1. The summed E-state index contributed by atoms with van der Waals surface area (Å²) in [5.74, 6) is -0.399. The van der Waals surface area contributed by atoms with E-state index in [4.69, 9.17) is 14.6 Å². The van der Waals surface area contributed by atoms with Gasteiger partial charge in [0.1, 0.15) is 17.4 Å². The summed E-state index contributed by atoms with van der Waals surface area (Å²) in [4.78, 5) is 22.5. The minimum atomic E-state index is -1.11. The van der Waals surface area contributed by atoms with E-state index in [1.807, 2.05) is 20.8 Å². The molecule has 2 N–H and O–H groups in total. The highest BCUT2D eigenvalue weighted by molar-refractivity contribution is 5.80. The molecule has 1 amide bonds. The van der Waals surface area contributed by atoms with Crippen LogP contribution in [0.15, 0.2) is 24.3 Å². The average Bonchev–Trinajstić information content (AvgIpc) is 2.38. The maximum absolute atomic E-state index is 11.3. The zero-order chi connectivity index (χ0) is 16.8. The molecule has 0 heterocycles. The lowest BCUT2D eigenvalue weighted by Crippen LogP contribution is -2.42. The second-order valence-corrected chi connectivity index (χ2v) is 5.82. The fraction of sp³-hybridized carbons (Fsp3) is 0.500. The highest BCUT2D eigenvalue weighted by atomic mass is 16.5. The fourth-order valence-electron chi connectivity index (χ4n) is 1.80. The first-order valence-corrected chi connectivity index (χ1v) is 7.15. The van der Waals surface area contributed by atoms with Gasteiger partial charge in [-0.05, 0) is 45.4 Å². The van der Waals surface area contributed by atoms with Gasteiger partial charge in [0.2, 0.25) is 0 Å². The Labute approximate surface area is 130 Å². The molecule has 6 nitrogen and oxygen atoms in total. The molecular weight excluding hydrogens is 286 g/mol. The van der Waals surface area contributed by atoms with E-state index in [-0.39, 0.29) is 18.6 Å². The van der Waals surface area contributed by atoms with Gasteiger partial charge in [0.25, 0.3) is 0 Å². The van der Waals surface area contributed by atoms with Gasteiger partial charge in [0.05, 0.1) is 6.61 Å². The lowest BCUT2D eigenvalue weighted by atomic mass is 10.1. The van der Waals surface area contributed by atoms with E-state index in [9.17, 15) is 9.59 Å². The van der Waals surface area contributed by atoms with Crippen molar-refractivity contribution in [3.05, 3.63) is 29.8 Å². The summed E-state index contributed by atoms with van der Waals surface area (Å²) in [6.07, 6.45) is -0.563. The van der Waals surface area contributed by atoms with Crippen molar-refractivity contribution >= 4 is 12.1 Å². The molecule has 0 aromatic heterocycles. The van der Waals surface area contributed by atoms with Crippen molar-refractivity contribution in [3.8, 4) is 5.75 Å². The van der Waals surface area contributed by atoms with Crippen LogP contribution in [0, 0.1) is 0 Å². The van der Waals surface area contributed by atoms with Crippen LogP contribution in [0.5, 0.6) is 5.75 Å². The molecule has 0 saturated heterocycles. The SMILES string of the molecule is CCOC(=O)N[C@@H](Cc1ccc(OC(C)(C)C)cc1)C(=O)O. The van der Waals surface area contributed by atoms with Crippen LogP contribution < -0.4 is 10.1 Å². The molecule has 0 aliphatic carbocycles. The molecule has 0 spiro atoms. The van der Waals surface area contributed by atoms with E-state index in [1.165, 1.54) is 0 Å². The third-order valence-corrected chi connectivity index (χ3v) is 2.65. The number of carboxylic acid groups (broad SMARTS) is 1. The van der Waals surface area contributed by atoms with Gasteiger partial charge in [-0.15, -0.1) is 0 Å². The Kier molecular flexibility index (Phi) is 6.22. The summed E-state index contributed by atoms with van der Waals surface area (Å²) < 4.78 is 10.4. The largest absolute Gasteiger partial charge is 0.488 e. The van der Waals surface area contributed by atoms with Crippen molar-refractivity contribution in [2.24, 2.45) is 0 Å². The van der Waals surface area contributed by atoms with Crippen molar-refractivity contribution in [2.75, 3.05) is 6.61 Å². The number of ether oxygens (including phenoxy) is 2. The van der Waals surface area contributed by atoms with Crippen molar-refractivity contribution < 1.29 is 24.2 Å². The zero-order valence-electron chi connectivity index (χ0n) is 13.4. The molecule has 6 heteroatoms. The van der Waals surface area contributed by atoms with Crippen LogP contribution in [0.2, 0.25) is 0 Å². The van der Waals surface area contributed by atoms with Gasteiger partial charge in [-0.2, -0.15) is 0 Å². The molecule has 1 aromatic carbocycles. The Morgan fingerprint density at radius 3 is 2.27 bits per heavy atom. The second-order valence-electron chi connectivity index (χ2n) is 5.82. The van der Waals surface area contributed by atoms with Crippen molar-refractivity contribution in [1.29, 1.82) is 0 Å². The van der Waals surface area contributed by atoms with Crippen LogP contribution in [0.4, 0.5) is 4.79 Å². The molecule has 0 aliphatic rings. The summed E-state index contributed by atoms with van der Waals surface area (Å²) >= 11 is 0. The van der Waals surface area contributed by atoms with Gasteiger partial charge in [0, 0.05) is 6.42 Å². The van der Waals surface area contributed by atoms with Crippen LogP contribution in [-0.2, 0) is 16.0 Å². The molecule has 0 aliphatic heterocycles. The highest BCUT2D eigenvalue weighted by Gasteiger charge is 2.21. The first-order chi connectivity index (χ1) is 10.2. The second kappa shape index (κ2) is 7.68. The summed E-state index contributed by atoms with van der Waals surface area (Å²) in [6.45, 7) is 7.69. The number of hydrogen-bond acceptors (Lipinski definition) is 4. The van der Waals surface area contributed by atoms with Crippen LogP contribution in [0.3, 0.4) is 0 Å². The summed E-state index contributed by atoms with van der Waals surface area (Å²) in [7, 11) is 0. The first kappa shape index (κ1) is 17.8. The number of rotatable bonds is 6. The quantitative estimate of drug-likeness (QED) is 0.843. The van der Waals surface area contributed by atoms with Gasteiger partial charge in [-0.3, -0.25) is 0 Å². The molecule has 0 fully saturated rings. The normalized spacial score (nSPS) is 12.4. The summed E-state index contributed by atoms with van der Waals surface area (Å²) in [6, 6.07) is 6.09. The molecule has 1 rings (SSSR count). The number of amides is 1. The molecule has 0 saturated carbocycles. The molecular formula is C16H23NO5. The highest BCUT2D eigenvalue weighted by Crippen LogP contribution is 2.19. The number of hydrogen-bond donors (Lipinski definition) is 2. The Hall–Kier alpha value is -2.24. The number of nitrogens with one attached hydrogen (secondary N) is 1. The number of aliphatic carboxylic acids is 1. The minimum Gasteiger partial charge on any atom is -0.488 e. The number of alkyl carbamates (subject to hydrolysis) is 1. The lowest BCUT2D eigenvalue weighted by molar-refractivity contribution is -0.139. The predicted octanol–water partition coefficient (Wildman–Crippen LogP) is 2.61. The smallest absolute Gasteiger partial charge is 0.407 e. The lowest BCUT2D eigenvalue weighted by Gasteiger charge is -2.21. The van der Waals surface area contributed by atoms with Gasteiger partial charge >= 0.3 is 12.1 Å². The fourth-order valence-corrected chi connectivity index (χ4v) is 1.80. The molecule has 0 radical (unpaired) electrons. The number of carbonyl (C=O) groups excluding carboxylic acids is 1. The molecule has 1 atom stereocenters. The monoisotopic (exact) mass is 309 g/mol. The Bertz CT molecular complexity index is 504. The zero-order valence-corrected chi connectivity index (χ0v) is 13.4. The Balaban J connectivity index is 2.70. The molecule has 122 valence electrons. The van der Waals surface area contributed by atoms with Crippen LogP contribution in [-0.4, -0.2) is 35.4 Å². The van der Waals surface area contributed by atoms with Crippen LogP contribution in [0.1, 0.15) is 33.3 Å². The number of benzene rings is 1. The van der Waals surface area contributed by atoms with Gasteiger partial charge in [-0.1, -0.05) is 12.1 Å². The van der Waals surface area contributed by atoms with Crippen molar-refractivity contribution in [1.82, 2.24) is 5.32 Å². The van der Waals surface area contributed by atoms with E-state index in [0.717, 1.165) is 5.56 Å². The minimum absolute atomic E-state index is 0.171. The topological polar surface area (TPSA) is 84.9 Å². The van der Waals surface area contributed by atoms with E-state index < -0.39 is 18.1 Å². The van der Waals surface area contributed by atoms with E-state index in [0.29, 0.717) is 5.75 Å². The van der Waals surface area contributed by atoms with Gasteiger partial charge in [-0.25, -0.2) is 9.59 Å². The first-order valence-electron chi connectivity index (χ1n) is 7.15. The predicted molar refractivity (Wildman–Crippen MR) is 82.1 cm³/mol. The Morgan fingerprint density at radius 2 is 1.82 bits per heavy atom. The standard InChI is InChI=1S/C16H23NO5/c1-5-21-15(20)17-13(14(18)19)10-11-6-8-12(9-7-11)22-16(2,3)4/h6-9,13H,5,10H2,1-4H3,(H,17,20)(H,18,19)/t13-/m0/s1. The molecule has 0 unspecified atom stereocenters. The maximum Gasteiger partial charge on any atom is 0.407 e. The van der Waals surface area contributed by atoms with Gasteiger partial charge in [0.15, 0.2) is 0 Å². The van der Waals surface area contributed by atoms with E-state index >= 15 is 0 Å². The van der Waals surface area contributed by atoms with Crippen molar-refractivity contribution in [3.63, 3.8) is 0 Å². The average molecular weight is 309 g/mol. The van der Waals surface area contributed by atoms with Gasteiger partial charge < -0.3 is 19.9 Å². The summed E-state index contributed by atoms with van der Waals surface area (Å²) in [5, 5.41) is 11.5. The third kappa shape index (κ3) is 6.47. The number of carbonyl (C=O) groups is 2. The molecule has 0 bridgehead atoms. The van der Waals surface area contributed by atoms with Crippen molar-refractivity contribution in [2.45, 2.75) is 45.8 Å². The maximum atomic E-state index is 11.3. The summed E-state index contributed by atoms with van der Waals surface area (Å²) in [5.41, 5.74) is 0.488. The Morgan fingerprint density at radius 1 is 1.23 bits per heavy atom. The third-order valence-electron chi connectivity index (χ3n) is 2.65. The van der Waals surface area contributed by atoms with Crippen LogP contribution in [0.25, 0.3) is 0 Å². The van der Waals surface area contributed by atoms with E-state index in [1.54, 1.807) is 31.2 Å². The molecule has 1 aromatic rings. The molecule has 22 heavy (non-hydrogen) atoms. The van der Waals surface area contributed by atoms with E-state index in [2.05, 4.69) is 5.32 Å².